The van der Waals surface area contributed by atoms with Gasteiger partial charge in [0.2, 0.25) is 0 Å². The Hall–Kier alpha value is -1.23. The Morgan fingerprint density at radius 3 is 2.59 bits per heavy atom. The van der Waals surface area contributed by atoms with Crippen molar-refractivity contribution in [1.29, 1.82) is 0 Å². The largest absolute Gasteiger partial charge is 0.271 e. The Morgan fingerprint density at radius 1 is 1.29 bits per heavy atom. The Labute approximate surface area is 106 Å². The van der Waals surface area contributed by atoms with Crippen LogP contribution in [0.5, 0.6) is 0 Å². The Kier molecular flexibility index (Phi) is 3.89. The van der Waals surface area contributed by atoms with Crippen LogP contribution in [0.1, 0.15) is 30.3 Å². The van der Waals surface area contributed by atoms with Crippen LogP contribution in [-0.2, 0) is 6.54 Å². The molecule has 3 nitrogen and oxygen atoms in total. The molecule has 0 saturated carbocycles. The Balaban J connectivity index is 2.21. The summed E-state index contributed by atoms with van der Waals surface area (Å²) in [7, 11) is 0. The second kappa shape index (κ2) is 5.40. The molecular formula is C13H17N3S. The fourth-order valence-electron chi connectivity index (χ4n) is 1.65. The van der Waals surface area contributed by atoms with Gasteiger partial charge in [-0.25, -0.2) is 4.98 Å². The van der Waals surface area contributed by atoms with Crippen LogP contribution in [0.3, 0.4) is 0 Å². The number of nitrogens with one attached hydrogen (secondary N) is 1. The first-order chi connectivity index (χ1) is 8.20. The van der Waals surface area contributed by atoms with Gasteiger partial charge in [-0.15, -0.1) is 11.3 Å². The van der Waals surface area contributed by atoms with Crippen molar-refractivity contribution in [2.24, 2.45) is 5.84 Å². The van der Waals surface area contributed by atoms with Crippen LogP contribution in [0.2, 0.25) is 0 Å². The lowest BCUT2D eigenvalue weighted by Gasteiger charge is -2.05. The van der Waals surface area contributed by atoms with E-state index < -0.39 is 0 Å². The molecule has 1 heterocycles. The molecule has 1 aromatic heterocycles. The summed E-state index contributed by atoms with van der Waals surface area (Å²) >= 11 is 1.63. The standard InChI is InChI=1S/C13H17N3S/c1-9(2)10-3-5-11(6-4-10)12-8-17-13(16-12)7-15-14/h3-6,8-9,15H,7,14H2,1-2H3. The van der Waals surface area contributed by atoms with Crippen LogP contribution in [0.4, 0.5) is 0 Å². The second-order valence-electron chi connectivity index (χ2n) is 4.28. The van der Waals surface area contributed by atoms with Gasteiger partial charge in [0, 0.05) is 10.9 Å². The van der Waals surface area contributed by atoms with Crippen molar-refractivity contribution >= 4 is 11.3 Å². The number of aromatic nitrogens is 1. The van der Waals surface area contributed by atoms with Gasteiger partial charge in [-0.05, 0) is 11.5 Å². The summed E-state index contributed by atoms with van der Waals surface area (Å²) in [5.74, 6) is 5.84. The number of hydrogen-bond acceptors (Lipinski definition) is 4. The van der Waals surface area contributed by atoms with E-state index in [4.69, 9.17) is 5.84 Å². The highest BCUT2D eigenvalue weighted by Crippen LogP contribution is 2.24. The van der Waals surface area contributed by atoms with Gasteiger partial charge < -0.3 is 0 Å². The maximum atomic E-state index is 5.28. The fourth-order valence-corrected chi connectivity index (χ4v) is 2.40. The van der Waals surface area contributed by atoms with E-state index in [9.17, 15) is 0 Å². The lowest BCUT2D eigenvalue weighted by Crippen LogP contribution is -2.20. The Bertz CT molecular complexity index is 474. The first-order valence-corrected chi connectivity index (χ1v) is 6.57. The van der Waals surface area contributed by atoms with Crippen molar-refractivity contribution in [3.05, 3.63) is 40.2 Å². The molecule has 0 saturated heterocycles. The summed E-state index contributed by atoms with van der Waals surface area (Å²) < 4.78 is 0. The predicted octanol–water partition coefficient (Wildman–Crippen LogP) is 2.90. The van der Waals surface area contributed by atoms with Crippen molar-refractivity contribution < 1.29 is 0 Å². The van der Waals surface area contributed by atoms with Crippen molar-refractivity contribution in [3.63, 3.8) is 0 Å². The summed E-state index contributed by atoms with van der Waals surface area (Å²) in [5.41, 5.74) is 6.16. The van der Waals surface area contributed by atoms with Crippen LogP contribution >= 0.6 is 11.3 Å². The van der Waals surface area contributed by atoms with E-state index in [1.54, 1.807) is 11.3 Å². The lowest BCUT2D eigenvalue weighted by molar-refractivity contribution is 0.737. The van der Waals surface area contributed by atoms with Gasteiger partial charge in [-0.3, -0.25) is 11.3 Å². The Morgan fingerprint density at radius 2 is 2.00 bits per heavy atom. The molecule has 2 rings (SSSR count). The zero-order valence-electron chi connectivity index (χ0n) is 10.1. The van der Waals surface area contributed by atoms with Gasteiger partial charge in [0.25, 0.3) is 0 Å². The number of nitrogens with zero attached hydrogens (tertiary/aromatic N) is 1. The summed E-state index contributed by atoms with van der Waals surface area (Å²) in [5, 5.41) is 3.08. The van der Waals surface area contributed by atoms with Crippen LogP contribution in [0, 0.1) is 0 Å². The normalized spacial score (nSPS) is 11.1. The van der Waals surface area contributed by atoms with E-state index in [0.29, 0.717) is 12.5 Å². The number of rotatable bonds is 4. The van der Waals surface area contributed by atoms with Gasteiger partial charge >= 0.3 is 0 Å². The molecule has 0 atom stereocenters. The van der Waals surface area contributed by atoms with E-state index in [2.05, 4.69) is 53.9 Å². The fraction of sp³-hybridized carbons (Fsp3) is 0.308. The molecule has 0 aliphatic heterocycles. The highest BCUT2D eigenvalue weighted by atomic mass is 32.1. The van der Waals surface area contributed by atoms with E-state index in [-0.39, 0.29) is 0 Å². The molecule has 0 radical (unpaired) electrons. The van der Waals surface area contributed by atoms with Crippen LogP contribution < -0.4 is 11.3 Å². The molecule has 0 amide bonds. The van der Waals surface area contributed by atoms with Gasteiger partial charge in [0.05, 0.1) is 12.2 Å². The topological polar surface area (TPSA) is 50.9 Å². The molecular weight excluding hydrogens is 230 g/mol. The summed E-state index contributed by atoms with van der Waals surface area (Å²) in [6.45, 7) is 5.01. The molecule has 0 fully saturated rings. The van der Waals surface area contributed by atoms with Crippen molar-refractivity contribution in [3.8, 4) is 11.3 Å². The number of hydrogen-bond donors (Lipinski definition) is 2. The van der Waals surface area contributed by atoms with Crippen molar-refractivity contribution in [1.82, 2.24) is 10.4 Å². The average Bonchev–Trinajstić information content (AvgIpc) is 2.78. The van der Waals surface area contributed by atoms with E-state index >= 15 is 0 Å². The minimum absolute atomic E-state index is 0.566. The maximum absolute atomic E-state index is 5.28. The number of nitrogens with two attached hydrogens (primary N) is 1. The minimum Gasteiger partial charge on any atom is -0.271 e. The average molecular weight is 247 g/mol. The lowest BCUT2D eigenvalue weighted by atomic mass is 10.0. The molecule has 90 valence electrons. The highest BCUT2D eigenvalue weighted by Gasteiger charge is 2.05. The van der Waals surface area contributed by atoms with Gasteiger partial charge in [0.1, 0.15) is 5.01 Å². The van der Waals surface area contributed by atoms with Crippen LogP contribution in [0.25, 0.3) is 11.3 Å². The van der Waals surface area contributed by atoms with Crippen molar-refractivity contribution in [2.75, 3.05) is 0 Å². The number of hydrazine groups is 1. The summed E-state index contributed by atoms with van der Waals surface area (Å²) in [4.78, 5) is 4.52. The third-order valence-corrected chi connectivity index (χ3v) is 3.53. The summed E-state index contributed by atoms with van der Waals surface area (Å²) in [6.07, 6.45) is 0. The molecule has 1 aromatic carbocycles. The van der Waals surface area contributed by atoms with Crippen LogP contribution in [0.15, 0.2) is 29.6 Å². The van der Waals surface area contributed by atoms with Crippen molar-refractivity contribution in [2.45, 2.75) is 26.3 Å². The second-order valence-corrected chi connectivity index (χ2v) is 5.23. The molecule has 2 aromatic rings. The SMILES string of the molecule is CC(C)c1ccc(-c2csc(CNN)n2)cc1. The predicted molar refractivity (Wildman–Crippen MR) is 72.7 cm³/mol. The zero-order valence-corrected chi connectivity index (χ0v) is 10.9. The maximum Gasteiger partial charge on any atom is 0.108 e. The van der Waals surface area contributed by atoms with Crippen LogP contribution in [-0.4, -0.2) is 4.98 Å². The van der Waals surface area contributed by atoms with E-state index in [1.165, 1.54) is 5.56 Å². The highest BCUT2D eigenvalue weighted by molar-refractivity contribution is 7.09. The third-order valence-electron chi connectivity index (χ3n) is 2.68. The quantitative estimate of drug-likeness (QED) is 0.645. The monoisotopic (exact) mass is 247 g/mol. The summed E-state index contributed by atoms with van der Waals surface area (Å²) in [6, 6.07) is 8.59. The smallest absolute Gasteiger partial charge is 0.108 e. The van der Waals surface area contributed by atoms with Gasteiger partial charge in [0.15, 0.2) is 0 Å². The third kappa shape index (κ3) is 2.91. The zero-order chi connectivity index (χ0) is 12.3. The molecule has 0 unspecified atom stereocenters. The molecule has 0 aliphatic rings. The van der Waals surface area contributed by atoms with Gasteiger partial charge in [-0.1, -0.05) is 38.1 Å². The minimum atomic E-state index is 0.566. The van der Waals surface area contributed by atoms with E-state index in [0.717, 1.165) is 16.3 Å². The number of benzene rings is 1. The molecule has 0 aliphatic carbocycles. The van der Waals surface area contributed by atoms with E-state index in [1.807, 2.05) is 0 Å². The van der Waals surface area contributed by atoms with Gasteiger partial charge in [-0.2, -0.15) is 0 Å². The molecule has 0 bridgehead atoms. The molecule has 0 spiro atoms. The molecule has 3 N–H and O–H groups in total. The first kappa shape index (κ1) is 12.2. The molecule has 17 heavy (non-hydrogen) atoms. The first-order valence-electron chi connectivity index (χ1n) is 5.69. The number of thiazole rings is 1. The molecule has 4 heteroatoms.